The molecule has 4 rings (SSSR count). The Morgan fingerprint density at radius 3 is 2.80 bits per heavy atom. The lowest BCUT2D eigenvalue weighted by atomic mass is 9.82. The van der Waals surface area contributed by atoms with E-state index in [1.54, 1.807) is 19.2 Å². The van der Waals surface area contributed by atoms with E-state index in [0.717, 1.165) is 12.3 Å². The zero-order valence-electron chi connectivity index (χ0n) is 18.5. The van der Waals surface area contributed by atoms with Crippen LogP contribution in [0, 0.1) is 22.6 Å². The molecule has 2 aliphatic rings. The summed E-state index contributed by atoms with van der Waals surface area (Å²) >= 11 is 1.20. The number of allylic oxidation sites excluding steroid dienone is 1. The van der Waals surface area contributed by atoms with Gasteiger partial charge in [0.2, 0.25) is 5.91 Å². The van der Waals surface area contributed by atoms with Crippen LogP contribution in [0.15, 0.2) is 42.6 Å². The highest BCUT2D eigenvalue weighted by molar-refractivity contribution is 7.12. The average molecular weight is 504 g/mol. The van der Waals surface area contributed by atoms with E-state index in [1.807, 2.05) is 0 Å². The third-order valence-corrected chi connectivity index (χ3v) is 7.09. The lowest BCUT2D eigenvalue weighted by molar-refractivity contribution is -0.127. The second-order valence-electron chi connectivity index (χ2n) is 8.17. The van der Waals surface area contributed by atoms with E-state index >= 15 is 4.39 Å². The number of carbonyl (C=O) groups excluding carboxylic acids is 1. The van der Waals surface area contributed by atoms with Crippen LogP contribution in [0.25, 0.3) is 5.57 Å². The molecule has 3 N–H and O–H groups in total. The zero-order valence-corrected chi connectivity index (χ0v) is 19.4. The highest BCUT2D eigenvalue weighted by atomic mass is 32.1. The van der Waals surface area contributed by atoms with Gasteiger partial charge in [0, 0.05) is 53.3 Å². The van der Waals surface area contributed by atoms with Crippen molar-refractivity contribution < 1.29 is 22.4 Å². The molecule has 0 radical (unpaired) electrons. The van der Waals surface area contributed by atoms with E-state index in [9.17, 15) is 23.2 Å². The molecule has 35 heavy (non-hydrogen) atoms. The van der Waals surface area contributed by atoms with E-state index in [4.69, 9.17) is 5.41 Å². The van der Waals surface area contributed by atoms with Gasteiger partial charge < -0.3 is 15.5 Å². The van der Waals surface area contributed by atoms with Crippen molar-refractivity contribution in [3.8, 4) is 6.07 Å². The van der Waals surface area contributed by atoms with Gasteiger partial charge in [-0.3, -0.25) is 10.2 Å². The lowest BCUT2D eigenvalue weighted by Gasteiger charge is -2.34. The van der Waals surface area contributed by atoms with E-state index < -0.39 is 35.2 Å². The van der Waals surface area contributed by atoms with Gasteiger partial charge in [-0.2, -0.15) is 18.4 Å². The number of nitrogens with zero attached hydrogens (tertiary/aromatic N) is 2. The first-order valence-corrected chi connectivity index (χ1v) is 11.5. The minimum Gasteiger partial charge on any atom is -0.388 e. The molecule has 1 aromatic heterocycles. The molecule has 0 saturated carbocycles. The highest BCUT2D eigenvalue weighted by Crippen LogP contribution is 2.42. The number of halogens is 4. The monoisotopic (exact) mass is 503 g/mol. The van der Waals surface area contributed by atoms with Gasteiger partial charge in [-0.05, 0) is 30.3 Å². The number of nitriles is 1. The molecule has 2 atom stereocenters. The Hall–Kier alpha value is -3.49. The molecule has 0 fully saturated rings. The predicted molar refractivity (Wildman–Crippen MR) is 124 cm³/mol. The summed E-state index contributed by atoms with van der Waals surface area (Å²) in [5, 5.41) is 23.0. The van der Waals surface area contributed by atoms with E-state index in [2.05, 4.69) is 16.7 Å². The van der Waals surface area contributed by atoms with Gasteiger partial charge in [0.05, 0.1) is 6.54 Å². The standard InChI is InChI=1S/C24H21F4N5OS/c1-31-13-5-6-21(34)33-11-18(16-7-14(8-29)35-20(16)12-33)15-3-2-4-19(25)22(15)17(10-32-9-13)23(30)24(26,27)28/h2-7,10,13,18,30-32H,9,11-12H2,1H3/b6-5+,17-10-,30-23?/t13?,18-/m0/s1. The molecule has 0 saturated heterocycles. The fourth-order valence-electron chi connectivity index (χ4n) is 4.30. The van der Waals surface area contributed by atoms with Crippen molar-refractivity contribution in [2.45, 2.75) is 24.7 Å². The number of fused-ring (bicyclic) bond motifs is 6. The molecule has 2 bridgehead atoms. The predicted octanol–water partition coefficient (Wildman–Crippen LogP) is 3.90. The Balaban J connectivity index is 1.98. The third-order valence-electron chi connectivity index (χ3n) is 6.05. The number of rotatable bonds is 2. The maximum atomic E-state index is 15.3. The number of carbonyl (C=O) groups is 1. The molecule has 0 spiro atoms. The number of hydrogen-bond acceptors (Lipinski definition) is 6. The van der Waals surface area contributed by atoms with Crippen molar-refractivity contribution in [1.29, 1.82) is 10.7 Å². The number of amides is 1. The van der Waals surface area contributed by atoms with E-state index in [-0.39, 0.29) is 36.7 Å². The smallest absolute Gasteiger partial charge is 0.388 e. The molecular weight excluding hydrogens is 482 g/mol. The first-order chi connectivity index (χ1) is 16.6. The summed E-state index contributed by atoms with van der Waals surface area (Å²) in [7, 11) is 1.63. The van der Waals surface area contributed by atoms with Crippen LogP contribution in [0.2, 0.25) is 0 Å². The summed E-state index contributed by atoms with van der Waals surface area (Å²) in [6, 6.07) is 7.24. The molecule has 11 heteroatoms. The minimum atomic E-state index is -5.01. The second-order valence-corrected chi connectivity index (χ2v) is 9.31. The Kier molecular flexibility index (Phi) is 6.78. The lowest BCUT2D eigenvalue weighted by Crippen LogP contribution is -2.38. The average Bonchev–Trinajstić information content (AvgIpc) is 3.25. The molecule has 0 aliphatic carbocycles. The van der Waals surface area contributed by atoms with Crippen LogP contribution < -0.4 is 10.6 Å². The van der Waals surface area contributed by atoms with Gasteiger partial charge in [0.1, 0.15) is 22.5 Å². The van der Waals surface area contributed by atoms with Crippen LogP contribution in [0.5, 0.6) is 0 Å². The van der Waals surface area contributed by atoms with Crippen molar-refractivity contribution in [2.75, 3.05) is 20.1 Å². The number of benzene rings is 1. The van der Waals surface area contributed by atoms with Crippen molar-refractivity contribution >= 4 is 28.5 Å². The molecule has 1 unspecified atom stereocenters. The molecule has 2 aromatic rings. The molecule has 6 nitrogen and oxygen atoms in total. The Bertz CT molecular complexity index is 1270. The van der Waals surface area contributed by atoms with Gasteiger partial charge in [-0.1, -0.05) is 18.2 Å². The van der Waals surface area contributed by atoms with Crippen molar-refractivity contribution in [3.05, 3.63) is 74.9 Å². The van der Waals surface area contributed by atoms with Gasteiger partial charge in [0.25, 0.3) is 0 Å². The number of likely N-dealkylation sites (N-methyl/N-ethyl adjacent to an activating group) is 1. The van der Waals surface area contributed by atoms with Crippen LogP contribution in [0.1, 0.15) is 32.4 Å². The van der Waals surface area contributed by atoms with Crippen molar-refractivity contribution in [2.24, 2.45) is 0 Å². The van der Waals surface area contributed by atoms with Crippen LogP contribution in [0.3, 0.4) is 0 Å². The van der Waals surface area contributed by atoms with Crippen LogP contribution in [-0.4, -0.2) is 48.9 Å². The summed E-state index contributed by atoms with van der Waals surface area (Å²) in [5.74, 6) is -1.91. The normalized spacial score (nSPS) is 22.7. The summed E-state index contributed by atoms with van der Waals surface area (Å²) in [6.07, 6.45) is -1.01. The first-order valence-electron chi connectivity index (χ1n) is 10.7. The molecule has 1 aromatic carbocycles. The fourth-order valence-corrected chi connectivity index (χ4v) is 5.34. The van der Waals surface area contributed by atoms with E-state index in [1.165, 1.54) is 34.4 Å². The van der Waals surface area contributed by atoms with Crippen molar-refractivity contribution in [3.63, 3.8) is 0 Å². The Morgan fingerprint density at radius 2 is 2.11 bits per heavy atom. The number of nitrogens with one attached hydrogen (secondary N) is 3. The van der Waals surface area contributed by atoms with Gasteiger partial charge in [-0.25, -0.2) is 4.39 Å². The number of hydrogen-bond donors (Lipinski definition) is 3. The van der Waals surface area contributed by atoms with Crippen LogP contribution >= 0.6 is 11.3 Å². The highest BCUT2D eigenvalue weighted by Gasteiger charge is 2.40. The van der Waals surface area contributed by atoms with Crippen molar-refractivity contribution in [1.82, 2.24) is 15.5 Å². The quantitative estimate of drug-likeness (QED) is 0.428. The largest absolute Gasteiger partial charge is 0.433 e. The summed E-state index contributed by atoms with van der Waals surface area (Å²) in [4.78, 5) is 15.7. The summed E-state index contributed by atoms with van der Waals surface area (Å²) < 4.78 is 56.4. The Morgan fingerprint density at radius 1 is 1.34 bits per heavy atom. The maximum Gasteiger partial charge on any atom is 0.433 e. The summed E-state index contributed by atoms with van der Waals surface area (Å²) in [5.41, 5.74) is -1.80. The molecular formula is C24H21F4N5OS. The van der Waals surface area contributed by atoms with Gasteiger partial charge in [0.15, 0.2) is 0 Å². The van der Waals surface area contributed by atoms with Gasteiger partial charge in [-0.15, -0.1) is 11.3 Å². The number of thiophene rings is 1. The first kappa shape index (κ1) is 24.6. The minimum absolute atomic E-state index is 0.0819. The van der Waals surface area contributed by atoms with Crippen LogP contribution in [0.4, 0.5) is 17.6 Å². The van der Waals surface area contributed by atoms with Gasteiger partial charge >= 0.3 is 6.18 Å². The molecule has 1 amide bonds. The topological polar surface area (TPSA) is 92.0 Å². The fraction of sp³-hybridized carbons (Fsp3) is 0.292. The SMILES string of the molecule is CNC1/C=C/C(=O)N2Cc3sc(C#N)cc3[C@@H](C2)c2cccc(F)c2/C(C(=N)C(F)(F)F)=C/NC1. The molecule has 182 valence electrons. The zero-order chi connectivity index (χ0) is 25.3. The van der Waals surface area contributed by atoms with Crippen LogP contribution in [-0.2, 0) is 11.3 Å². The third kappa shape index (κ3) is 4.85. The molecule has 2 aliphatic heterocycles. The maximum absolute atomic E-state index is 15.3. The molecule has 3 heterocycles. The van der Waals surface area contributed by atoms with E-state index in [0.29, 0.717) is 15.3 Å². The second kappa shape index (κ2) is 9.64. The Labute approximate surface area is 203 Å². The summed E-state index contributed by atoms with van der Waals surface area (Å²) in [6.45, 7) is 0.412. The number of alkyl halides is 3.